The molecule has 0 spiro atoms. The maximum absolute atomic E-state index is 8.91. The third-order valence-corrected chi connectivity index (χ3v) is 4.24. The van der Waals surface area contributed by atoms with Crippen LogP contribution in [-0.2, 0) is 0 Å². The van der Waals surface area contributed by atoms with Crippen molar-refractivity contribution in [2.45, 2.75) is 0 Å². The fourth-order valence-electron chi connectivity index (χ4n) is 2.21. The van der Waals surface area contributed by atoms with Gasteiger partial charge >= 0.3 is 0 Å². The molecule has 2 nitrogen and oxygen atoms in total. The second-order valence-electron chi connectivity index (χ2n) is 4.57. The summed E-state index contributed by atoms with van der Waals surface area (Å²) in [5.74, 6) is 0. The maximum Gasteiger partial charge on any atom is 0.101 e. The van der Waals surface area contributed by atoms with Crippen LogP contribution >= 0.6 is 27.5 Å². The van der Waals surface area contributed by atoms with E-state index in [4.69, 9.17) is 16.9 Å². The van der Waals surface area contributed by atoms with Crippen LogP contribution < -0.4 is 5.32 Å². The van der Waals surface area contributed by atoms with Gasteiger partial charge in [-0.25, -0.2) is 0 Å². The second kappa shape index (κ2) is 5.77. The van der Waals surface area contributed by atoms with Crippen molar-refractivity contribution in [3.8, 4) is 6.07 Å². The van der Waals surface area contributed by atoms with Crippen molar-refractivity contribution >= 4 is 49.7 Å². The predicted molar refractivity (Wildman–Crippen MR) is 91.1 cm³/mol. The quantitative estimate of drug-likeness (QED) is 0.622. The van der Waals surface area contributed by atoms with Gasteiger partial charge in [-0.2, -0.15) is 5.26 Å². The molecule has 3 aromatic carbocycles. The van der Waals surface area contributed by atoms with E-state index in [0.717, 1.165) is 26.6 Å². The summed E-state index contributed by atoms with van der Waals surface area (Å²) in [5.41, 5.74) is 2.32. The van der Waals surface area contributed by atoms with Crippen LogP contribution in [0.4, 0.5) is 11.4 Å². The van der Waals surface area contributed by atoms with Gasteiger partial charge in [-0.15, -0.1) is 0 Å². The van der Waals surface area contributed by atoms with Crippen molar-refractivity contribution in [3.05, 3.63) is 69.7 Å². The number of fused-ring (bicyclic) bond motifs is 1. The first-order valence-corrected chi connectivity index (χ1v) is 7.50. The lowest BCUT2D eigenvalue weighted by molar-refractivity contribution is 1.48. The minimum atomic E-state index is 0.448. The van der Waals surface area contributed by atoms with Crippen molar-refractivity contribution in [1.82, 2.24) is 0 Å². The summed E-state index contributed by atoms with van der Waals surface area (Å²) < 4.78 is 1.06. The molecule has 4 heteroatoms. The molecule has 0 bridgehead atoms. The zero-order valence-electron chi connectivity index (χ0n) is 10.9. The molecule has 0 radical (unpaired) electrons. The van der Waals surface area contributed by atoms with E-state index in [2.05, 4.69) is 39.4 Å². The van der Waals surface area contributed by atoms with E-state index < -0.39 is 0 Å². The highest BCUT2D eigenvalue weighted by molar-refractivity contribution is 9.10. The van der Waals surface area contributed by atoms with Gasteiger partial charge in [-0.1, -0.05) is 51.8 Å². The molecule has 0 aliphatic carbocycles. The SMILES string of the molecule is N#Cc1ccc(Nc2ccc(Br)c3ccccc23)cc1Cl. The standard InChI is InChI=1S/C17H10BrClN2/c18-15-7-8-17(14-4-2-1-3-13(14)15)21-12-6-5-11(10-20)16(19)9-12/h1-9,21H. The van der Waals surface area contributed by atoms with Crippen molar-refractivity contribution in [2.24, 2.45) is 0 Å². The molecular weight excluding hydrogens is 348 g/mol. The van der Waals surface area contributed by atoms with Gasteiger partial charge in [0.15, 0.2) is 0 Å². The highest BCUT2D eigenvalue weighted by Crippen LogP contribution is 2.32. The zero-order chi connectivity index (χ0) is 14.8. The fraction of sp³-hybridized carbons (Fsp3) is 0. The first-order valence-electron chi connectivity index (χ1n) is 6.33. The molecule has 0 fully saturated rings. The summed E-state index contributed by atoms with van der Waals surface area (Å²) in [7, 11) is 0. The van der Waals surface area contributed by atoms with E-state index in [9.17, 15) is 0 Å². The van der Waals surface area contributed by atoms with E-state index >= 15 is 0 Å². The highest BCUT2D eigenvalue weighted by atomic mass is 79.9. The van der Waals surface area contributed by atoms with Crippen LogP contribution in [0.1, 0.15) is 5.56 Å². The highest BCUT2D eigenvalue weighted by Gasteiger charge is 2.06. The molecule has 0 aliphatic heterocycles. The molecule has 0 heterocycles. The smallest absolute Gasteiger partial charge is 0.101 e. The summed E-state index contributed by atoms with van der Waals surface area (Å²) in [5, 5.41) is 15.0. The molecular formula is C17H10BrClN2. The lowest BCUT2D eigenvalue weighted by Gasteiger charge is -2.11. The largest absolute Gasteiger partial charge is 0.355 e. The van der Waals surface area contributed by atoms with Gasteiger partial charge in [0.25, 0.3) is 0 Å². The van der Waals surface area contributed by atoms with E-state index in [0.29, 0.717) is 10.6 Å². The Bertz CT molecular complexity index is 868. The molecule has 3 rings (SSSR count). The Morgan fingerprint density at radius 2 is 1.76 bits per heavy atom. The van der Waals surface area contributed by atoms with Gasteiger partial charge in [-0.05, 0) is 35.7 Å². The minimum absolute atomic E-state index is 0.448. The van der Waals surface area contributed by atoms with E-state index in [1.807, 2.05) is 30.3 Å². The molecule has 21 heavy (non-hydrogen) atoms. The molecule has 0 saturated heterocycles. The van der Waals surface area contributed by atoms with Crippen LogP contribution in [0.2, 0.25) is 5.02 Å². The monoisotopic (exact) mass is 356 g/mol. The molecule has 0 aromatic heterocycles. The third kappa shape index (κ3) is 2.73. The van der Waals surface area contributed by atoms with E-state index in [1.165, 1.54) is 0 Å². The number of rotatable bonds is 2. The number of nitrogens with one attached hydrogen (secondary N) is 1. The minimum Gasteiger partial charge on any atom is -0.355 e. The number of anilines is 2. The first-order chi connectivity index (χ1) is 10.2. The average molecular weight is 358 g/mol. The molecule has 1 N–H and O–H groups in total. The van der Waals surface area contributed by atoms with Crippen LogP contribution in [0.3, 0.4) is 0 Å². The number of hydrogen-bond acceptors (Lipinski definition) is 2. The van der Waals surface area contributed by atoms with Crippen molar-refractivity contribution in [1.29, 1.82) is 5.26 Å². The Labute approximate surface area is 136 Å². The summed E-state index contributed by atoms with van der Waals surface area (Å²) in [6.07, 6.45) is 0. The molecule has 3 aromatic rings. The van der Waals surface area contributed by atoms with Crippen LogP contribution in [0, 0.1) is 11.3 Å². The van der Waals surface area contributed by atoms with Gasteiger partial charge in [0.05, 0.1) is 10.6 Å². The van der Waals surface area contributed by atoms with E-state index in [1.54, 1.807) is 12.1 Å². The third-order valence-electron chi connectivity index (χ3n) is 3.24. The van der Waals surface area contributed by atoms with Crippen LogP contribution in [-0.4, -0.2) is 0 Å². The maximum atomic E-state index is 8.91. The Hall–Kier alpha value is -2.02. The molecule has 0 aliphatic rings. The van der Waals surface area contributed by atoms with Gasteiger partial charge in [-0.3, -0.25) is 0 Å². The Morgan fingerprint density at radius 3 is 2.48 bits per heavy atom. The second-order valence-corrected chi connectivity index (χ2v) is 5.83. The number of nitriles is 1. The van der Waals surface area contributed by atoms with Crippen molar-refractivity contribution < 1.29 is 0 Å². The van der Waals surface area contributed by atoms with Gasteiger partial charge in [0.1, 0.15) is 6.07 Å². The Kier molecular flexibility index (Phi) is 3.83. The Balaban J connectivity index is 2.05. The molecule has 0 saturated carbocycles. The normalized spacial score (nSPS) is 10.3. The zero-order valence-corrected chi connectivity index (χ0v) is 13.2. The topological polar surface area (TPSA) is 35.8 Å². The molecule has 0 unspecified atom stereocenters. The van der Waals surface area contributed by atoms with Crippen molar-refractivity contribution in [3.63, 3.8) is 0 Å². The average Bonchev–Trinajstić information content (AvgIpc) is 2.51. The molecule has 0 atom stereocenters. The predicted octanol–water partition coefficient (Wildman–Crippen LogP) is 5.87. The molecule has 0 amide bonds. The first kappa shape index (κ1) is 13.9. The lowest BCUT2D eigenvalue weighted by atomic mass is 10.1. The van der Waals surface area contributed by atoms with Crippen LogP contribution in [0.15, 0.2) is 59.1 Å². The van der Waals surface area contributed by atoms with Crippen LogP contribution in [0.25, 0.3) is 10.8 Å². The van der Waals surface area contributed by atoms with Gasteiger partial charge in [0, 0.05) is 21.2 Å². The van der Waals surface area contributed by atoms with Crippen molar-refractivity contribution in [2.75, 3.05) is 5.32 Å². The lowest BCUT2D eigenvalue weighted by Crippen LogP contribution is -1.92. The van der Waals surface area contributed by atoms with E-state index in [-0.39, 0.29) is 0 Å². The Morgan fingerprint density at radius 1 is 1.00 bits per heavy atom. The van der Waals surface area contributed by atoms with Gasteiger partial charge < -0.3 is 5.32 Å². The number of benzene rings is 3. The number of halogens is 2. The van der Waals surface area contributed by atoms with Crippen LogP contribution in [0.5, 0.6) is 0 Å². The fourth-order valence-corrected chi connectivity index (χ4v) is 2.91. The molecule has 102 valence electrons. The van der Waals surface area contributed by atoms with Gasteiger partial charge in [0.2, 0.25) is 0 Å². The number of hydrogen-bond donors (Lipinski definition) is 1. The summed E-state index contributed by atoms with van der Waals surface area (Å²) >= 11 is 9.63. The number of nitrogens with zero attached hydrogens (tertiary/aromatic N) is 1. The summed E-state index contributed by atoms with van der Waals surface area (Å²) in [6, 6.07) is 19.5. The summed E-state index contributed by atoms with van der Waals surface area (Å²) in [6.45, 7) is 0. The summed E-state index contributed by atoms with van der Waals surface area (Å²) in [4.78, 5) is 0.